The number of ether oxygens (including phenoxy) is 2. The summed E-state index contributed by atoms with van der Waals surface area (Å²) in [5.74, 6) is -2.97. The summed E-state index contributed by atoms with van der Waals surface area (Å²) in [6.07, 6.45) is 0.548. The minimum Gasteiger partial charge on any atom is -0.467 e. The van der Waals surface area contributed by atoms with Crippen molar-refractivity contribution < 1.29 is 28.3 Å². The summed E-state index contributed by atoms with van der Waals surface area (Å²) in [5, 5.41) is 0. The molecule has 0 spiro atoms. The third-order valence-electron chi connectivity index (χ3n) is 1.66. The second-order valence-corrected chi connectivity index (χ2v) is 2.70. The summed E-state index contributed by atoms with van der Waals surface area (Å²) in [6.45, 7) is 0. The molecule has 0 unspecified atom stereocenters. The Bertz CT molecular complexity index is 421. The Morgan fingerprint density at radius 2 is 2.06 bits per heavy atom. The first-order valence-electron chi connectivity index (χ1n) is 4.22. The number of rotatable bonds is 5. The summed E-state index contributed by atoms with van der Waals surface area (Å²) in [4.78, 5) is 36.7. The maximum atomic E-state index is 11.4. The Balaban J connectivity index is 2.65. The molecule has 0 amide bonds. The molecule has 0 saturated carbocycles. The topological polar surface area (TPSA) is 95.7 Å². The lowest BCUT2D eigenvalue weighted by molar-refractivity contribution is -0.151. The Kier molecular flexibility index (Phi) is 3.76. The van der Waals surface area contributed by atoms with E-state index < -0.39 is 24.0 Å². The molecule has 1 heterocycles. The van der Waals surface area contributed by atoms with E-state index in [4.69, 9.17) is 4.42 Å². The van der Waals surface area contributed by atoms with Gasteiger partial charge in [0.2, 0.25) is 11.6 Å². The fraction of sp³-hybridized carbons (Fsp3) is 0.333. The maximum absolute atomic E-state index is 11.4. The molecule has 0 bridgehead atoms. The van der Waals surface area contributed by atoms with Crippen molar-refractivity contribution in [3.8, 4) is 5.95 Å². The highest BCUT2D eigenvalue weighted by atomic mass is 16.6. The van der Waals surface area contributed by atoms with E-state index in [0.29, 0.717) is 0 Å². The molecular formula is C9H9NO6. The summed E-state index contributed by atoms with van der Waals surface area (Å²) < 4.78 is 13.6. The zero-order valence-corrected chi connectivity index (χ0v) is 8.68. The number of ketones is 2. The quantitative estimate of drug-likeness (QED) is 0.302. The van der Waals surface area contributed by atoms with Crippen molar-refractivity contribution in [2.24, 2.45) is 0 Å². The van der Waals surface area contributed by atoms with Crippen LogP contribution in [0.3, 0.4) is 0 Å². The molecule has 0 N–H and O–H groups in total. The molecule has 1 aromatic rings. The van der Waals surface area contributed by atoms with Gasteiger partial charge in [-0.05, 0) is 0 Å². The minimum absolute atomic E-state index is 0.0499. The van der Waals surface area contributed by atoms with Gasteiger partial charge in [-0.3, -0.25) is 9.59 Å². The fourth-order valence-corrected chi connectivity index (χ4v) is 0.890. The second-order valence-electron chi connectivity index (χ2n) is 2.70. The predicted octanol–water partition coefficient (Wildman–Crippen LogP) is -0.00190. The largest absolute Gasteiger partial charge is 0.467 e. The van der Waals surface area contributed by atoms with Crippen molar-refractivity contribution in [2.45, 2.75) is 6.42 Å². The smallest absolute Gasteiger partial charge is 0.374 e. The van der Waals surface area contributed by atoms with E-state index in [9.17, 15) is 14.4 Å². The summed E-state index contributed by atoms with van der Waals surface area (Å²) in [7, 11) is 2.40. The third kappa shape index (κ3) is 2.66. The SMILES string of the molecule is COC(=O)C(=O)CC(=O)c1ncc(OC)o1. The molecule has 1 aromatic heterocycles. The van der Waals surface area contributed by atoms with Gasteiger partial charge in [-0.15, -0.1) is 0 Å². The van der Waals surface area contributed by atoms with Gasteiger partial charge >= 0.3 is 11.9 Å². The van der Waals surface area contributed by atoms with Crippen LogP contribution in [0.25, 0.3) is 0 Å². The predicted molar refractivity (Wildman–Crippen MR) is 49.0 cm³/mol. The van der Waals surface area contributed by atoms with E-state index in [1.807, 2.05) is 0 Å². The molecule has 7 nitrogen and oxygen atoms in total. The van der Waals surface area contributed by atoms with Crippen molar-refractivity contribution in [2.75, 3.05) is 14.2 Å². The molecule has 0 radical (unpaired) electrons. The Labute approximate surface area is 90.3 Å². The number of carbonyl (C=O) groups is 3. The number of carbonyl (C=O) groups excluding carboxylic acids is 3. The third-order valence-corrected chi connectivity index (χ3v) is 1.66. The first-order valence-corrected chi connectivity index (χ1v) is 4.22. The standard InChI is InChI=1S/C9H9NO6/c1-14-7-4-10-8(16-7)5(11)3-6(12)9(13)15-2/h4H,3H2,1-2H3. The van der Waals surface area contributed by atoms with Crippen molar-refractivity contribution in [1.29, 1.82) is 0 Å². The maximum Gasteiger partial charge on any atom is 0.374 e. The van der Waals surface area contributed by atoms with Crippen LogP contribution in [0.5, 0.6) is 5.95 Å². The Morgan fingerprint density at radius 3 is 2.56 bits per heavy atom. The lowest BCUT2D eigenvalue weighted by atomic mass is 10.2. The number of methoxy groups -OCH3 is 2. The van der Waals surface area contributed by atoms with Crippen molar-refractivity contribution >= 4 is 17.5 Å². The lowest BCUT2D eigenvalue weighted by Crippen LogP contribution is -2.19. The number of esters is 1. The summed E-state index contributed by atoms with van der Waals surface area (Å²) in [6, 6.07) is 0. The van der Waals surface area contributed by atoms with Crippen molar-refractivity contribution in [3.05, 3.63) is 12.1 Å². The molecule has 0 atom stereocenters. The van der Waals surface area contributed by atoms with Gasteiger partial charge < -0.3 is 13.9 Å². The lowest BCUT2D eigenvalue weighted by Gasteiger charge is -1.95. The zero-order valence-electron chi connectivity index (χ0n) is 8.68. The van der Waals surface area contributed by atoms with E-state index >= 15 is 0 Å². The van der Waals surface area contributed by atoms with Gasteiger partial charge in [-0.1, -0.05) is 0 Å². The van der Waals surface area contributed by atoms with E-state index in [0.717, 1.165) is 7.11 Å². The first kappa shape index (κ1) is 11.9. The Morgan fingerprint density at radius 1 is 1.38 bits per heavy atom. The molecule has 0 aliphatic rings. The molecule has 0 aromatic carbocycles. The molecule has 0 saturated heterocycles. The van der Waals surface area contributed by atoms with E-state index in [1.54, 1.807) is 0 Å². The van der Waals surface area contributed by atoms with Crippen LogP contribution in [-0.2, 0) is 14.3 Å². The van der Waals surface area contributed by atoms with E-state index in [2.05, 4.69) is 14.5 Å². The molecule has 16 heavy (non-hydrogen) atoms. The van der Waals surface area contributed by atoms with Gasteiger partial charge in [0, 0.05) is 0 Å². The average molecular weight is 227 g/mol. The molecule has 1 rings (SSSR count). The number of oxazole rings is 1. The molecule has 0 aliphatic heterocycles. The molecular weight excluding hydrogens is 218 g/mol. The highest BCUT2D eigenvalue weighted by Crippen LogP contribution is 2.13. The van der Waals surface area contributed by atoms with Gasteiger partial charge in [0.1, 0.15) is 6.20 Å². The number of hydrogen-bond donors (Lipinski definition) is 0. The number of Topliss-reactive ketones (excluding diaryl/α,β-unsaturated/α-hetero) is 2. The van der Waals surface area contributed by atoms with Crippen LogP contribution < -0.4 is 4.74 Å². The van der Waals surface area contributed by atoms with Crippen LogP contribution >= 0.6 is 0 Å². The van der Waals surface area contributed by atoms with Gasteiger partial charge in [0.05, 0.1) is 20.6 Å². The van der Waals surface area contributed by atoms with Gasteiger partial charge in [-0.2, -0.15) is 0 Å². The average Bonchev–Trinajstić information content (AvgIpc) is 2.76. The molecule has 0 aliphatic carbocycles. The van der Waals surface area contributed by atoms with Gasteiger partial charge in [0.25, 0.3) is 5.89 Å². The summed E-state index contributed by atoms with van der Waals surface area (Å²) >= 11 is 0. The zero-order chi connectivity index (χ0) is 12.1. The fourth-order valence-electron chi connectivity index (χ4n) is 0.890. The number of hydrogen-bond acceptors (Lipinski definition) is 7. The van der Waals surface area contributed by atoms with Gasteiger partial charge in [0.15, 0.2) is 0 Å². The molecule has 0 fully saturated rings. The van der Waals surface area contributed by atoms with E-state index in [1.165, 1.54) is 13.3 Å². The summed E-state index contributed by atoms with van der Waals surface area (Å²) in [5.41, 5.74) is 0. The molecule has 86 valence electrons. The number of aromatic nitrogens is 1. The van der Waals surface area contributed by atoms with Crippen molar-refractivity contribution in [3.63, 3.8) is 0 Å². The van der Waals surface area contributed by atoms with Gasteiger partial charge in [-0.25, -0.2) is 9.78 Å². The van der Waals surface area contributed by atoms with Crippen LogP contribution in [0.2, 0.25) is 0 Å². The highest BCUT2D eigenvalue weighted by Gasteiger charge is 2.22. The minimum atomic E-state index is -1.08. The second kappa shape index (κ2) is 5.06. The van der Waals surface area contributed by atoms with Crippen LogP contribution in [0.15, 0.2) is 10.6 Å². The molecule has 7 heteroatoms. The van der Waals surface area contributed by atoms with Crippen LogP contribution in [0, 0.1) is 0 Å². The van der Waals surface area contributed by atoms with Crippen molar-refractivity contribution in [1.82, 2.24) is 4.98 Å². The Hall–Kier alpha value is -2.18. The monoisotopic (exact) mass is 227 g/mol. The van der Waals surface area contributed by atoms with Crippen LogP contribution in [0.1, 0.15) is 17.1 Å². The highest BCUT2D eigenvalue weighted by molar-refractivity contribution is 6.37. The normalized spacial score (nSPS) is 9.62. The number of nitrogens with zero attached hydrogens (tertiary/aromatic N) is 1. The van der Waals surface area contributed by atoms with Crippen LogP contribution in [-0.4, -0.2) is 36.7 Å². The van der Waals surface area contributed by atoms with E-state index in [-0.39, 0.29) is 11.8 Å². The first-order chi connectivity index (χ1) is 7.58. The van der Waals surface area contributed by atoms with Crippen LogP contribution in [0.4, 0.5) is 0 Å².